The highest BCUT2D eigenvalue weighted by Crippen LogP contribution is 2.16. The zero-order valence-corrected chi connectivity index (χ0v) is 17.6. The van der Waals surface area contributed by atoms with Crippen molar-refractivity contribution in [3.05, 3.63) is 29.8 Å². The van der Waals surface area contributed by atoms with Gasteiger partial charge in [0.2, 0.25) is 0 Å². The number of hydrogen-bond acceptors (Lipinski definition) is 1. The molecule has 0 aromatic heterocycles. The summed E-state index contributed by atoms with van der Waals surface area (Å²) < 4.78 is 0. The van der Waals surface area contributed by atoms with Gasteiger partial charge in [-0.3, -0.25) is 0 Å². The van der Waals surface area contributed by atoms with Crippen molar-refractivity contribution < 1.29 is 0 Å². The Morgan fingerprint density at radius 2 is 0.923 bits per heavy atom. The summed E-state index contributed by atoms with van der Waals surface area (Å²) in [5.74, 6) is 0. The molecule has 2 N–H and O–H groups in total. The first kappa shape index (κ1) is 23.1. The van der Waals surface area contributed by atoms with Crippen LogP contribution in [0, 0.1) is 0 Å². The standard InChI is InChI=1S/C25H45N/c1-2-3-4-5-6-7-8-9-10-11-12-13-14-15-16-17-18-21-24-22-19-20-23-25(24)26/h19-20,22-23H,2-18,21,26H2,1H3. The number of hydrogen-bond donors (Lipinski definition) is 1. The third-order valence-corrected chi connectivity index (χ3v) is 5.60. The Morgan fingerprint density at radius 3 is 1.35 bits per heavy atom. The second kappa shape index (κ2) is 17.4. The van der Waals surface area contributed by atoms with Gasteiger partial charge in [-0.15, -0.1) is 0 Å². The third kappa shape index (κ3) is 13.3. The summed E-state index contributed by atoms with van der Waals surface area (Å²) >= 11 is 0. The molecule has 0 amide bonds. The molecule has 0 saturated heterocycles. The maximum absolute atomic E-state index is 5.99. The van der Waals surface area contributed by atoms with E-state index in [1.165, 1.54) is 115 Å². The van der Waals surface area contributed by atoms with E-state index >= 15 is 0 Å². The molecule has 0 saturated carbocycles. The fraction of sp³-hybridized carbons (Fsp3) is 0.760. The van der Waals surface area contributed by atoms with E-state index in [1.807, 2.05) is 12.1 Å². The predicted octanol–water partition coefficient (Wildman–Crippen LogP) is 8.46. The second-order valence-electron chi connectivity index (χ2n) is 8.11. The number of benzene rings is 1. The molecule has 0 fully saturated rings. The largest absolute Gasteiger partial charge is 0.399 e. The molecule has 1 heteroatoms. The topological polar surface area (TPSA) is 26.0 Å². The summed E-state index contributed by atoms with van der Waals surface area (Å²) in [4.78, 5) is 0. The van der Waals surface area contributed by atoms with Crippen LogP contribution in [-0.4, -0.2) is 0 Å². The zero-order chi connectivity index (χ0) is 18.7. The number of para-hydroxylation sites is 1. The number of nitrogens with two attached hydrogens (primary N) is 1. The van der Waals surface area contributed by atoms with Crippen molar-refractivity contribution in [3.63, 3.8) is 0 Å². The summed E-state index contributed by atoms with van der Waals surface area (Å²) in [6.07, 6.45) is 25.5. The Kier molecular flexibility index (Phi) is 15.5. The zero-order valence-electron chi connectivity index (χ0n) is 17.6. The van der Waals surface area contributed by atoms with Gasteiger partial charge in [-0.1, -0.05) is 128 Å². The lowest BCUT2D eigenvalue weighted by Crippen LogP contribution is -1.93. The van der Waals surface area contributed by atoms with Crippen LogP contribution in [0.4, 0.5) is 5.69 Å². The van der Waals surface area contributed by atoms with Gasteiger partial charge in [0.05, 0.1) is 0 Å². The van der Waals surface area contributed by atoms with E-state index in [4.69, 9.17) is 5.73 Å². The van der Waals surface area contributed by atoms with Crippen molar-refractivity contribution in [3.8, 4) is 0 Å². The van der Waals surface area contributed by atoms with Crippen LogP contribution in [0.2, 0.25) is 0 Å². The molecular weight excluding hydrogens is 314 g/mol. The van der Waals surface area contributed by atoms with Crippen molar-refractivity contribution in [2.45, 2.75) is 122 Å². The van der Waals surface area contributed by atoms with Crippen molar-refractivity contribution in [1.29, 1.82) is 0 Å². The van der Waals surface area contributed by atoms with E-state index in [0.717, 1.165) is 12.1 Å². The molecule has 0 aliphatic carbocycles. The Labute approximate surface area is 164 Å². The van der Waals surface area contributed by atoms with Crippen LogP contribution in [0.5, 0.6) is 0 Å². The summed E-state index contributed by atoms with van der Waals surface area (Å²) in [7, 11) is 0. The SMILES string of the molecule is CCCCCCCCCCCCCCCCCCCc1ccccc1N. The molecule has 0 heterocycles. The quantitative estimate of drug-likeness (QED) is 0.206. The van der Waals surface area contributed by atoms with E-state index < -0.39 is 0 Å². The minimum atomic E-state index is 0.962. The average Bonchev–Trinajstić information content (AvgIpc) is 2.65. The first-order chi connectivity index (χ1) is 12.8. The molecule has 150 valence electrons. The molecule has 1 aromatic carbocycles. The van der Waals surface area contributed by atoms with Crippen LogP contribution in [0.1, 0.15) is 122 Å². The molecule has 0 spiro atoms. The summed E-state index contributed by atoms with van der Waals surface area (Å²) in [6.45, 7) is 2.29. The van der Waals surface area contributed by atoms with Crippen LogP contribution in [0.3, 0.4) is 0 Å². The summed E-state index contributed by atoms with van der Waals surface area (Å²) in [5.41, 5.74) is 8.28. The van der Waals surface area contributed by atoms with Gasteiger partial charge in [-0.25, -0.2) is 0 Å². The molecule has 0 aliphatic rings. The van der Waals surface area contributed by atoms with E-state index in [-0.39, 0.29) is 0 Å². The normalized spacial score (nSPS) is 11.1. The number of nitrogen functional groups attached to an aromatic ring is 1. The maximum atomic E-state index is 5.99. The molecule has 0 unspecified atom stereocenters. The van der Waals surface area contributed by atoms with E-state index in [1.54, 1.807) is 0 Å². The lowest BCUT2D eigenvalue weighted by molar-refractivity contribution is 0.527. The number of anilines is 1. The van der Waals surface area contributed by atoms with Gasteiger partial charge in [-0.2, -0.15) is 0 Å². The highest BCUT2D eigenvalue weighted by Gasteiger charge is 1.98. The van der Waals surface area contributed by atoms with Crippen LogP contribution in [0.25, 0.3) is 0 Å². The van der Waals surface area contributed by atoms with Gasteiger partial charge >= 0.3 is 0 Å². The molecule has 1 nitrogen and oxygen atoms in total. The molecule has 0 radical (unpaired) electrons. The molecule has 0 aliphatic heterocycles. The minimum absolute atomic E-state index is 0.962. The van der Waals surface area contributed by atoms with Gasteiger partial charge in [0, 0.05) is 5.69 Å². The lowest BCUT2D eigenvalue weighted by Gasteiger charge is -2.05. The monoisotopic (exact) mass is 359 g/mol. The Bertz CT molecular complexity index is 412. The van der Waals surface area contributed by atoms with E-state index in [0.29, 0.717) is 0 Å². The van der Waals surface area contributed by atoms with Gasteiger partial charge < -0.3 is 5.73 Å². The maximum Gasteiger partial charge on any atom is 0.0346 e. The van der Waals surface area contributed by atoms with Crippen LogP contribution in [0.15, 0.2) is 24.3 Å². The molecule has 0 bridgehead atoms. The third-order valence-electron chi connectivity index (χ3n) is 5.60. The van der Waals surface area contributed by atoms with E-state index in [2.05, 4.69) is 19.1 Å². The smallest absolute Gasteiger partial charge is 0.0346 e. The van der Waals surface area contributed by atoms with Gasteiger partial charge in [-0.05, 0) is 24.5 Å². The van der Waals surface area contributed by atoms with Crippen molar-refractivity contribution >= 4 is 5.69 Å². The summed E-state index contributed by atoms with van der Waals surface area (Å²) in [6, 6.07) is 8.30. The molecule has 0 atom stereocenters. The fourth-order valence-electron chi connectivity index (χ4n) is 3.80. The van der Waals surface area contributed by atoms with Crippen molar-refractivity contribution in [1.82, 2.24) is 0 Å². The number of unbranched alkanes of at least 4 members (excludes halogenated alkanes) is 16. The molecule has 26 heavy (non-hydrogen) atoms. The Morgan fingerprint density at radius 1 is 0.538 bits per heavy atom. The Hall–Kier alpha value is -0.980. The minimum Gasteiger partial charge on any atom is -0.399 e. The highest BCUT2D eigenvalue weighted by atomic mass is 14.6. The average molecular weight is 360 g/mol. The second-order valence-corrected chi connectivity index (χ2v) is 8.11. The first-order valence-corrected chi connectivity index (χ1v) is 11.7. The number of rotatable bonds is 18. The van der Waals surface area contributed by atoms with Crippen LogP contribution in [-0.2, 0) is 6.42 Å². The van der Waals surface area contributed by atoms with Crippen LogP contribution >= 0.6 is 0 Å². The van der Waals surface area contributed by atoms with Crippen molar-refractivity contribution in [2.24, 2.45) is 0 Å². The Balaban J connectivity index is 1.74. The highest BCUT2D eigenvalue weighted by molar-refractivity contribution is 5.46. The van der Waals surface area contributed by atoms with Crippen LogP contribution < -0.4 is 5.73 Å². The summed E-state index contributed by atoms with van der Waals surface area (Å²) in [5, 5.41) is 0. The number of aryl methyl sites for hydroxylation is 1. The van der Waals surface area contributed by atoms with Gasteiger partial charge in [0.15, 0.2) is 0 Å². The molecule has 1 rings (SSSR count). The lowest BCUT2D eigenvalue weighted by atomic mass is 10.0. The van der Waals surface area contributed by atoms with Gasteiger partial charge in [0.1, 0.15) is 0 Å². The fourth-order valence-corrected chi connectivity index (χ4v) is 3.80. The molecule has 1 aromatic rings. The predicted molar refractivity (Wildman–Crippen MR) is 119 cm³/mol. The first-order valence-electron chi connectivity index (χ1n) is 11.7. The van der Waals surface area contributed by atoms with Crippen molar-refractivity contribution in [2.75, 3.05) is 5.73 Å². The molecular formula is C25H45N. The van der Waals surface area contributed by atoms with E-state index in [9.17, 15) is 0 Å². The van der Waals surface area contributed by atoms with Gasteiger partial charge in [0.25, 0.3) is 0 Å².